The van der Waals surface area contributed by atoms with Crippen LogP contribution in [0.4, 0.5) is 4.39 Å². The molecule has 0 unspecified atom stereocenters. The third kappa shape index (κ3) is 6.63. The number of rotatable bonds is 8. The van der Waals surface area contributed by atoms with Gasteiger partial charge in [0.05, 0.1) is 5.75 Å². The molecule has 0 aliphatic heterocycles. The van der Waals surface area contributed by atoms with Gasteiger partial charge in [-0.05, 0) is 36.1 Å². The third-order valence-corrected chi connectivity index (χ3v) is 4.53. The quantitative estimate of drug-likeness (QED) is 0.711. The van der Waals surface area contributed by atoms with E-state index in [1.807, 2.05) is 18.2 Å². The molecule has 2 aromatic carbocycles. The van der Waals surface area contributed by atoms with E-state index in [1.165, 1.54) is 23.4 Å². The Morgan fingerprint density at radius 1 is 1.17 bits per heavy atom. The molecule has 5 heteroatoms. The van der Waals surface area contributed by atoms with Crippen molar-refractivity contribution >= 4 is 29.3 Å². The van der Waals surface area contributed by atoms with Crippen molar-refractivity contribution in [3.63, 3.8) is 0 Å². The normalized spacial score (nSPS) is 10.5. The molecule has 2 aromatic rings. The molecule has 0 heterocycles. The summed E-state index contributed by atoms with van der Waals surface area (Å²) in [7, 11) is 0. The molecule has 1 N–H and O–H groups in total. The summed E-state index contributed by atoms with van der Waals surface area (Å²) in [6.45, 7) is 0.656. The number of hydrogen-bond acceptors (Lipinski definition) is 2. The van der Waals surface area contributed by atoms with E-state index in [0.29, 0.717) is 28.6 Å². The highest BCUT2D eigenvalue weighted by Crippen LogP contribution is 2.19. The van der Waals surface area contributed by atoms with Crippen molar-refractivity contribution in [1.82, 2.24) is 5.32 Å². The first-order valence-electron chi connectivity index (χ1n) is 7.47. The van der Waals surface area contributed by atoms with Crippen LogP contribution in [-0.4, -0.2) is 18.2 Å². The van der Waals surface area contributed by atoms with Crippen LogP contribution in [0, 0.1) is 5.82 Å². The minimum Gasteiger partial charge on any atom is -0.355 e. The Labute approximate surface area is 145 Å². The van der Waals surface area contributed by atoms with E-state index in [2.05, 4.69) is 17.4 Å². The van der Waals surface area contributed by atoms with Crippen LogP contribution in [-0.2, 0) is 17.0 Å². The highest BCUT2D eigenvalue weighted by atomic mass is 35.5. The van der Waals surface area contributed by atoms with Crippen molar-refractivity contribution in [2.75, 3.05) is 12.3 Å². The van der Waals surface area contributed by atoms with Gasteiger partial charge >= 0.3 is 0 Å². The maximum atomic E-state index is 13.6. The predicted octanol–water partition coefficient (Wildman–Crippen LogP) is 4.46. The lowest BCUT2D eigenvalue weighted by Gasteiger charge is -2.06. The summed E-state index contributed by atoms with van der Waals surface area (Å²) in [4.78, 5) is 11.7. The summed E-state index contributed by atoms with van der Waals surface area (Å²) >= 11 is 7.10. The molecular weight excluding hydrogens is 333 g/mol. The average molecular weight is 352 g/mol. The van der Waals surface area contributed by atoms with Crippen molar-refractivity contribution in [1.29, 1.82) is 0 Å². The molecule has 0 radical (unpaired) electrons. The van der Waals surface area contributed by atoms with E-state index in [4.69, 9.17) is 11.6 Å². The molecule has 0 fully saturated rings. The van der Waals surface area contributed by atoms with E-state index in [-0.39, 0.29) is 11.7 Å². The number of halogens is 2. The highest BCUT2D eigenvalue weighted by Gasteiger charge is 2.05. The fourth-order valence-electron chi connectivity index (χ4n) is 2.11. The standard InChI is InChI=1S/C18H19ClFNOS/c19-16-9-8-15(17(20)11-16)12-23-13-18(22)21-10-4-7-14-5-2-1-3-6-14/h1-3,5-6,8-9,11H,4,7,10,12-13H2,(H,21,22). The number of carbonyl (C=O) groups excluding carboxylic acids is 1. The van der Waals surface area contributed by atoms with Crippen LogP contribution in [0.15, 0.2) is 48.5 Å². The molecule has 0 atom stereocenters. The van der Waals surface area contributed by atoms with Crippen LogP contribution in [0.25, 0.3) is 0 Å². The Kier molecular flexibility index (Phi) is 7.43. The van der Waals surface area contributed by atoms with E-state index < -0.39 is 0 Å². The van der Waals surface area contributed by atoms with Crippen molar-refractivity contribution < 1.29 is 9.18 Å². The first-order valence-corrected chi connectivity index (χ1v) is 9.01. The first-order chi connectivity index (χ1) is 11.1. The molecule has 122 valence electrons. The van der Waals surface area contributed by atoms with E-state index in [0.717, 1.165) is 12.8 Å². The zero-order valence-corrected chi connectivity index (χ0v) is 14.3. The van der Waals surface area contributed by atoms with Gasteiger partial charge in [0, 0.05) is 17.3 Å². The van der Waals surface area contributed by atoms with Crippen molar-refractivity contribution in [3.05, 3.63) is 70.5 Å². The molecule has 0 aliphatic carbocycles. The largest absolute Gasteiger partial charge is 0.355 e. The molecule has 2 rings (SSSR count). The average Bonchev–Trinajstić information content (AvgIpc) is 2.55. The number of amides is 1. The Bertz CT molecular complexity index is 636. The SMILES string of the molecule is O=C(CSCc1ccc(Cl)cc1F)NCCCc1ccccc1. The van der Waals surface area contributed by atoms with Crippen molar-refractivity contribution in [2.45, 2.75) is 18.6 Å². The van der Waals surface area contributed by atoms with Gasteiger partial charge in [0.15, 0.2) is 0 Å². The number of aryl methyl sites for hydroxylation is 1. The second kappa shape index (κ2) is 9.58. The fourth-order valence-corrected chi connectivity index (χ4v) is 3.11. The fraction of sp³-hybridized carbons (Fsp3) is 0.278. The second-order valence-electron chi connectivity index (χ2n) is 5.17. The predicted molar refractivity (Wildman–Crippen MR) is 95.3 cm³/mol. The molecule has 0 spiro atoms. The molecule has 0 aliphatic rings. The van der Waals surface area contributed by atoms with Crippen LogP contribution in [0.1, 0.15) is 17.5 Å². The van der Waals surface area contributed by atoms with Gasteiger partial charge in [-0.15, -0.1) is 11.8 Å². The lowest BCUT2D eigenvalue weighted by Crippen LogP contribution is -2.26. The Morgan fingerprint density at radius 2 is 1.96 bits per heavy atom. The summed E-state index contributed by atoms with van der Waals surface area (Å²) in [6.07, 6.45) is 1.86. The molecule has 23 heavy (non-hydrogen) atoms. The second-order valence-corrected chi connectivity index (χ2v) is 6.59. The molecule has 0 aromatic heterocycles. The maximum Gasteiger partial charge on any atom is 0.230 e. The van der Waals surface area contributed by atoms with Crippen LogP contribution in [0.3, 0.4) is 0 Å². The lowest BCUT2D eigenvalue weighted by molar-refractivity contribution is -0.118. The summed E-state index contributed by atoms with van der Waals surface area (Å²) in [6, 6.07) is 14.8. The number of nitrogens with one attached hydrogen (secondary N) is 1. The molecule has 2 nitrogen and oxygen atoms in total. The molecular formula is C18H19ClFNOS. The third-order valence-electron chi connectivity index (χ3n) is 3.31. The van der Waals surface area contributed by atoms with E-state index in [1.54, 1.807) is 12.1 Å². The van der Waals surface area contributed by atoms with Crippen LogP contribution < -0.4 is 5.32 Å². The van der Waals surface area contributed by atoms with Crippen molar-refractivity contribution in [3.8, 4) is 0 Å². The van der Waals surface area contributed by atoms with Gasteiger partial charge in [-0.1, -0.05) is 48.0 Å². The van der Waals surface area contributed by atoms with Gasteiger partial charge in [-0.25, -0.2) is 4.39 Å². The number of carbonyl (C=O) groups is 1. The van der Waals surface area contributed by atoms with E-state index >= 15 is 0 Å². The Balaban J connectivity index is 1.60. The topological polar surface area (TPSA) is 29.1 Å². The minimum absolute atomic E-state index is 0.0163. The summed E-state index contributed by atoms with van der Waals surface area (Å²) < 4.78 is 13.6. The number of benzene rings is 2. The van der Waals surface area contributed by atoms with Gasteiger partial charge in [0.2, 0.25) is 5.91 Å². The zero-order chi connectivity index (χ0) is 16.5. The first kappa shape index (κ1) is 17.8. The van der Waals surface area contributed by atoms with Crippen LogP contribution in [0.2, 0.25) is 5.02 Å². The van der Waals surface area contributed by atoms with Crippen LogP contribution >= 0.6 is 23.4 Å². The smallest absolute Gasteiger partial charge is 0.230 e. The summed E-state index contributed by atoms with van der Waals surface area (Å²) in [5, 5.41) is 3.27. The number of thioether (sulfide) groups is 1. The monoisotopic (exact) mass is 351 g/mol. The molecule has 0 bridgehead atoms. The van der Waals surface area contributed by atoms with Gasteiger partial charge in [-0.3, -0.25) is 4.79 Å². The van der Waals surface area contributed by atoms with Gasteiger partial charge in [0.1, 0.15) is 5.82 Å². The van der Waals surface area contributed by atoms with Gasteiger partial charge in [0.25, 0.3) is 0 Å². The van der Waals surface area contributed by atoms with E-state index in [9.17, 15) is 9.18 Å². The van der Waals surface area contributed by atoms with Crippen LogP contribution in [0.5, 0.6) is 0 Å². The molecule has 0 saturated carbocycles. The summed E-state index contributed by atoms with van der Waals surface area (Å²) in [5.41, 5.74) is 1.84. The Morgan fingerprint density at radius 3 is 2.70 bits per heavy atom. The maximum absolute atomic E-state index is 13.6. The Hall–Kier alpha value is -1.52. The van der Waals surface area contributed by atoms with Crippen molar-refractivity contribution in [2.24, 2.45) is 0 Å². The van der Waals surface area contributed by atoms with Gasteiger partial charge < -0.3 is 5.32 Å². The zero-order valence-electron chi connectivity index (χ0n) is 12.7. The number of hydrogen-bond donors (Lipinski definition) is 1. The molecule has 0 saturated heterocycles. The lowest BCUT2D eigenvalue weighted by atomic mass is 10.1. The highest BCUT2D eigenvalue weighted by molar-refractivity contribution is 7.99. The summed E-state index contributed by atoms with van der Waals surface area (Å²) in [5.74, 6) is 0.444. The molecule has 1 amide bonds. The van der Waals surface area contributed by atoms with Gasteiger partial charge in [-0.2, -0.15) is 0 Å². The minimum atomic E-state index is -0.326.